The van der Waals surface area contributed by atoms with Gasteiger partial charge in [-0.15, -0.1) is 0 Å². The van der Waals surface area contributed by atoms with E-state index in [1.807, 2.05) is 50.2 Å². The highest BCUT2D eigenvalue weighted by molar-refractivity contribution is 7.81. The monoisotopic (exact) mass is 843 g/mol. The zero-order valence-corrected chi connectivity index (χ0v) is 34.8. The van der Waals surface area contributed by atoms with Crippen molar-refractivity contribution in [3.05, 3.63) is 77.4 Å². The number of nitrogens with one attached hydrogen (secondary N) is 2. The van der Waals surface area contributed by atoms with Gasteiger partial charge in [0.15, 0.2) is 10.9 Å². The Kier molecular flexibility index (Phi) is 11.8. The molecule has 60 heavy (non-hydrogen) atoms. The molecule has 4 fully saturated rings. The van der Waals surface area contributed by atoms with Crippen LogP contribution in [0.4, 0.5) is 35.9 Å². The van der Waals surface area contributed by atoms with Crippen molar-refractivity contribution in [2.75, 3.05) is 59.8 Å². The first-order valence-electron chi connectivity index (χ1n) is 20.2. The van der Waals surface area contributed by atoms with E-state index in [0.29, 0.717) is 43.1 Å². The first kappa shape index (κ1) is 42.7. The Morgan fingerprint density at radius 2 is 1.68 bits per heavy atom. The SMILES string of the molecule is CC(C)c1cc(N2C(=S)N(c3ccc(C#N)c(C(F)(F)F)c3)C(=O)C2(C)C)ccc1OCCN1CCN(C2(C(=O)Nc3cccc(NC4CCC(=O)CC4=O)c3)CC2)CC1. The number of thiocarbonyl (C=S) groups is 1. The molecule has 1 atom stereocenters. The number of hydrogen-bond donors (Lipinski definition) is 2. The van der Waals surface area contributed by atoms with Crippen LogP contribution in [0, 0.1) is 11.3 Å². The van der Waals surface area contributed by atoms with Crippen LogP contribution in [0.25, 0.3) is 0 Å². The Morgan fingerprint density at radius 3 is 2.33 bits per heavy atom. The fourth-order valence-corrected chi connectivity index (χ4v) is 8.89. The Bertz CT molecular complexity index is 2260. The van der Waals surface area contributed by atoms with E-state index in [-0.39, 0.29) is 40.6 Å². The Balaban J connectivity index is 0.941. The summed E-state index contributed by atoms with van der Waals surface area (Å²) in [6.45, 7) is 11.4. The van der Waals surface area contributed by atoms with Gasteiger partial charge in [0.25, 0.3) is 5.91 Å². The van der Waals surface area contributed by atoms with Crippen LogP contribution in [-0.2, 0) is 25.4 Å². The third kappa shape index (κ3) is 8.48. The summed E-state index contributed by atoms with van der Waals surface area (Å²) >= 11 is 5.75. The maximum Gasteiger partial charge on any atom is 0.417 e. The summed E-state index contributed by atoms with van der Waals surface area (Å²) in [6, 6.07) is 17.1. The first-order chi connectivity index (χ1) is 28.4. The Hall–Kier alpha value is -5.37. The fourth-order valence-electron chi connectivity index (χ4n) is 8.37. The van der Waals surface area contributed by atoms with Crippen molar-refractivity contribution in [2.24, 2.45) is 0 Å². The van der Waals surface area contributed by atoms with Crippen LogP contribution in [0.3, 0.4) is 0 Å². The first-order valence-corrected chi connectivity index (χ1v) is 20.6. The van der Waals surface area contributed by atoms with Crippen molar-refractivity contribution in [1.29, 1.82) is 5.26 Å². The highest BCUT2D eigenvalue weighted by Crippen LogP contribution is 2.44. The number of piperazine rings is 1. The van der Waals surface area contributed by atoms with Crippen LogP contribution in [0.1, 0.15) is 82.4 Å². The second-order valence-corrected chi connectivity index (χ2v) is 17.1. The number of alkyl halides is 3. The van der Waals surface area contributed by atoms with Crippen LogP contribution in [-0.4, -0.2) is 94.7 Å². The summed E-state index contributed by atoms with van der Waals surface area (Å²) < 4.78 is 47.8. The standard InChI is InChI=1S/C44H48F3N7O5S/c1-27(2)34-23-32(54-41(60)53(40(58)42(54,3)4)31-9-8-28(26-48)35(24-31)44(45,46)47)10-13-38(34)59-21-20-51-16-18-52(19-17-51)43(14-15-43)39(57)50-30-7-5-6-29(22-30)49-36-12-11-33(55)25-37(36)56/h5-10,13,22-24,27,36,49H,11-12,14-21,25H2,1-4H3,(H,50,57). The molecule has 7 rings (SSSR count). The van der Waals surface area contributed by atoms with Gasteiger partial charge in [0.1, 0.15) is 29.2 Å². The number of ketones is 2. The van der Waals surface area contributed by atoms with Gasteiger partial charge in [-0.05, 0) is 111 Å². The minimum atomic E-state index is -4.80. The molecule has 0 radical (unpaired) electrons. The average Bonchev–Trinajstić information content (AvgIpc) is 3.99. The summed E-state index contributed by atoms with van der Waals surface area (Å²) in [4.78, 5) is 58.7. The fraction of sp³-hybridized carbons (Fsp3) is 0.455. The van der Waals surface area contributed by atoms with Gasteiger partial charge in [-0.2, -0.15) is 18.4 Å². The molecule has 2 amide bonds. The zero-order chi connectivity index (χ0) is 43.1. The van der Waals surface area contributed by atoms with E-state index in [4.69, 9.17) is 17.0 Å². The van der Waals surface area contributed by atoms with Gasteiger partial charge >= 0.3 is 6.18 Å². The molecule has 2 aliphatic carbocycles. The van der Waals surface area contributed by atoms with Gasteiger partial charge in [0, 0.05) is 56.2 Å². The number of ether oxygens (including phenoxy) is 1. The Labute approximate surface area is 352 Å². The molecule has 2 heterocycles. The van der Waals surface area contributed by atoms with Crippen molar-refractivity contribution in [1.82, 2.24) is 9.80 Å². The number of rotatable bonds is 12. The number of anilines is 4. The second-order valence-electron chi connectivity index (χ2n) is 16.7. The van der Waals surface area contributed by atoms with Crippen molar-refractivity contribution < 1.29 is 37.1 Å². The predicted octanol–water partition coefficient (Wildman–Crippen LogP) is 6.89. The number of nitrogens with zero attached hydrogens (tertiary/aromatic N) is 5. The molecule has 3 aromatic carbocycles. The number of hydrogen-bond acceptors (Lipinski definition) is 10. The summed E-state index contributed by atoms with van der Waals surface area (Å²) in [5.74, 6) is 0.0140. The molecule has 1 unspecified atom stereocenters. The van der Waals surface area contributed by atoms with E-state index in [1.165, 1.54) is 6.07 Å². The third-order valence-electron chi connectivity index (χ3n) is 12.0. The van der Waals surface area contributed by atoms with Gasteiger partial charge in [-0.25, -0.2) is 0 Å². The van der Waals surface area contributed by atoms with E-state index in [1.54, 1.807) is 30.9 Å². The number of Topliss-reactive ketones (excluding diaryl/α,β-unsaturated/α-hetero) is 2. The molecule has 2 N–H and O–H groups in total. The molecule has 0 spiro atoms. The van der Waals surface area contributed by atoms with E-state index >= 15 is 0 Å². The largest absolute Gasteiger partial charge is 0.492 e. The molecule has 4 aliphatic rings. The maximum absolute atomic E-state index is 13.8. The van der Waals surface area contributed by atoms with Crippen molar-refractivity contribution >= 4 is 63.5 Å². The van der Waals surface area contributed by atoms with E-state index in [9.17, 15) is 37.6 Å². The van der Waals surface area contributed by atoms with Gasteiger partial charge in [0.05, 0.1) is 35.3 Å². The topological polar surface area (TPSA) is 138 Å². The molecule has 316 valence electrons. The van der Waals surface area contributed by atoms with Crippen molar-refractivity contribution in [3.63, 3.8) is 0 Å². The van der Waals surface area contributed by atoms with Crippen LogP contribution in [0.5, 0.6) is 5.75 Å². The summed E-state index contributed by atoms with van der Waals surface area (Å²) in [7, 11) is 0. The molecular formula is C44H48F3N7O5S. The quantitative estimate of drug-likeness (QED) is 0.146. The maximum atomic E-state index is 13.8. The predicted molar refractivity (Wildman–Crippen MR) is 225 cm³/mol. The van der Waals surface area contributed by atoms with Crippen LogP contribution in [0.15, 0.2) is 60.7 Å². The molecule has 2 saturated carbocycles. The third-order valence-corrected chi connectivity index (χ3v) is 12.3. The number of amides is 2. The van der Waals surface area contributed by atoms with E-state index in [0.717, 1.165) is 67.3 Å². The number of nitriles is 1. The smallest absolute Gasteiger partial charge is 0.417 e. The minimum Gasteiger partial charge on any atom is -0.492 e. The second kappa shape index (κ2) is 16.6. The minimum absolute atomic E-state index is 0.0198. The summed E-state index contributed by atoms with van der Waals surface area (Å²) in [5.41, 5.74) is -0.708. The van der Waals surface area contributed by atoms with Crippen molar-refractivity contribution in [3.8, 4) is 11.8 Å². The highest BCUT2D eigenvalue weighted by Gasteiger charge is 2.55. The van der Waals surface area contributed by atoms with Gasteiger partial charge in [-0.3, -0.25) is 33.9 Å². The average molecular weight is 844 g/mol. The number of halogens is 3. The lowest BCUT2D eigenvalue weighted by molar-refractivity contribution is -0.138. The lowest BCUT2D eigenvalue weighted by Gasteiger charge is -2.39. The summed E-state index contributed by atoms with van der Waals surface area (Å²) in [6.07, 6.45) is -2.45. The number of benzene rings is 3. The molecule has 2 saturated heterocycles. The number of carbonyl (C=O) groups is 4. The molecule has 0 bridgehead atoms. The molecule has 16 heteroatoms. The lowest BCUT2D eigenvalue weighted by atomic mass is 9.93. The molecular weight excluding hydrogens is 796 g/mol. The van der Waals surface area contributed by atoms with E-state index < -0.39 is 40.3 Å². The zero-order valence-electron chi connectivity index (χ0n) is 34.0. The Morgan fingerprint density at radius 1 is 0.983 bits per heavy atom. The molecule has 2 aliphatic heterocycles. The van der Waals surface area contributed by atoms with E-state index in [2.05, 4.69) is 20.4 Å². The van der Waals surface area contributed by atoms with Crippen LogP contribution in [0.2, 0.25) is 0 Å². The van der Waals surface area contributed by atoms with Crippen molar-refractivity contribution in [2.45, 2.75) is 89.0 Å². The molecule has 3 aromatic rings. The van der Waals surface area contributed by atoms with Gasteiger partial charge in [0.2, 0.25) is 5.91 Å². The highest BCUT2D eigenvalue weighted by atomic mass is 32.1. The van der Waals surface area contributed by atoms with Crippen LogP contribution < -0.4 is 25.2 Å². The number of carbonyl (C=O) groups excluding carboxylic acids is 4. The van der Waals surface area contributed by atoms with Gasteiger partial charge in [-0.1, -0.05) is 19.9 Å². The molecule has 12 nitrogen and oxygen atoms in total. The molecule has 0 aromatic heterocycles. The van der Waals surface area contributed by atoms with Crippen LogP contribution >= 0.6 is 12.2 Å². The normalized spacial score (nSPS) is 20.7. The summed E-state index contributed by atoms with van der Waals surface area (Å²) in [5, 5.41) is 15.6. The van der Waals surface area contributed by atoms with Gasteiger partial charge < -0.3 is 20.3 Å². The lowest BCUT2D eigenvalue weighted by Crippen LogP contribution is -2.55.